The topological polar surface area (TPSA) is 91.9 Å². The highest BCUT2D eigenvalue weighted by atomic mass is 32.2. The molecule has 0 amide bonds. The van der Waals surface area contributed by atoms with Crippen LogP contribution in [0.15, 0.2) is 90.0 Å². The molecule has 0 saturated carbocycles. The van der Waals surface area contributed by atoms with Crippen LogP contribution < -0.4 is 0 Å². The van der Waals surface area contributed by atoms with Crippen molar-refractivity contribution in [3.05, 3.63) is 95.6 Å². The van der Waals surface area contributed by atoms with Crippen LogP contribution in [0.5, 0.6) is 0 Å². The first kappa shape index (κ1) is 23.6. The predicted molar refractivity (Wildman–Crippen MR) is 143 cm³/mol. The average Bonchev–Trinajstić information content (AvgIpc) is 3.52. The van der Waals surface area contributed by atoms with E-state index in [9.17, 15) is 13.7 Å². The number of aromatic nitrogens is 3. The molecule has 5 aromatic rings. The van der Waals surface area contributed by atoms with E-state index in [0.29, 0.717) is 27.4 Å². The number of benzene rings is 3. The van der Waals surface area contributed by atoms with E-state index in [1.807, 2.05) is 66.9 Å². The molecule has 0 unspecified atom stereocenters. The summed E-state index contributed by atoms with van der Waals surface area (Å²) >= 11 is 1.45. The van der Waals surface area contributed by atoms with Gasteiger partial charge in [-0.25, -0.2) is 22.4 Å². The molecule has 0 aliphatic heterocycles. The second kappa shape index (κ2) is 9.51. The van der Waals surface area contributed by atoms with Crippen molar-refractivity contribution in [3.8, 4) is 23.0 Å². The standard InChI is InChI=1S/C27H21N5O2S2/c1-31(2)36(33,34)23-12-8-9-19(16-23)26-21(18-32(30-26)22-10-4-3-5-11-22)15-20(17-28)27-29-24-13-6-7-14-25(24)35-27/h3-16,18H,1-2H3/b20-15+. The number of para-hydroxylation sites is 2. The van der Waals surface area contributed by atoms with E-state index in [1.54, 1.807) is 29.0 Å². The first-order valence-corrected chi connectivity index (χ1v) is 13.3. The molecule has 5 rings (SSSR count). The average molecular weight is 512 g/mol. The van der Waals surface area contributed by atoms with Crippen LogP contribution in [0.1, 0.15) is 10.6 Å². The lowest BCUT2D eigenvalue weighted by Gasteiger charge is -2.12. The van der Waals surface area contributed by atoms with Gasteiger partial charge < -0.3 is 0 Å². The van der Waals surface area contributed by atoms with Gasteiger partial charge in [0.1, 0.15) is 16.8 Å². The summed E-state index contributed by atoms with van der Waals surface area (Å²) in [6.45, 7) is 0. The molecule has 0 aliphatic carbocycles. The van der Waals surface area contributed by atoms with E-state index in [1.165, 1.54) is 29.7 Å². The van der Waals surface area contributed by atoms with Crippen molar-refractivity contribution in [1.29, 1.82) is 5.26 Å². The van der Waals surface area contributed by atoms with Gasteiger partial charge in [0.15, 0.2) is 0 Å². The van der Waals surface area contributed by atoms with Crippen LogP contribution in [0, 0.1) is 11.3 Å². The quantitative estimate of drug-likeness (QED) is 0.282. The summed E-state index contributed by atoms with van der Waals surface area (Å²) in [7, 11) is -0.633. The fourth-order valence-corrected chi connectivity index (χ4v) is 5.61. The summed E-state index contributed by atoms with van der Waals surface area (Å²) in [5, 5.41) is 15.4. The lowest BCUT2D eigenvalue weighted by Crippen LogP contribution is -2.22. The van der Waals surface area contributed by atoms with E-state index in [-0.39, 0.29) is 4.90 Å². The molecule has 0 radical (unpaired) electrons. The lowest BCUT2D eigenvalue weighted by molar-refractivity contribution is 0.521. The number of hydrogen-bond donors (Lipinski definition) is 0. The van der Waals surface area contributed by atoms with E-state index in [0.717, 1.165) is 15.9 Å². The van der Waals surface area contributed by atoms with Crippen molar-refractivity contribution in [3.63, 3.8) is 0 Å². The molecule has 0 aliphatic rings. The number of rotatable bonds is 6. The van der Waals surface area contributed by atoms with Gasteiger partial charge in [-0.3, -0.25) is 0 Å². The van der Waals surface area contributed by atoms with Crippen LogP contribution in [0.2, 0.25) is 0 Å². The van der Waals surface area contributed by atoms with Gasteiger partial charge >= 0.3 is 0 Å². The summed E-state index contributed by atoms with van der Waals surface area (Å²) in [6.07, 6.45) is 3.59. The van der Waals surface area contributed by atoms with Crippen molar-refractivity contribution < 1.29 is 8.42 Å². The van der Waals surface area contributed by atoms with Crippen LogP contribution in [0.25, 0.3) is 38.8 Å². The zero-order valence-electron chi connectivity index (χ0n) is 19.5. The SMILES string of the molecule is CN(C)S(=O)(=O)c1cccc(-c2nn(-c3ccccc3)cc2/C=C(\C#N)c2nc3ccccc3s2)c1. The van der Waals surface area contributed by atoms with Crippen LogP contribution in [0.3, 0.4) is 0 Å². The molecule has 3 aromatic carbocycles. The zero-order chi connectivity index (χ0) is 25.3. The van der Waals surface area contributed by atoms with Crippen molar-refractivity contribution >= 4 is 43.2 Å². The highest BCUT2D eigenvalue weighted by molar-refractivity contribution is 7.89. The van der Waals surface area contributed by atoms with E-state index in [2.05, 4.69) is 11.1 Å². The summed E-state index contributed by atoms with van der Waals surface area (Å²) in [6, 6.07) is 26.3. The van der Waals surface area contributed by atoms with Crippen LogP contribution in [-0.4, -0.2) is 41.6 Å². The molecule has 9 heteroatoms. The third kappa shape index (κ3) is 4.45. The van der Waals surface area contributed by atoms with E-state index in [4.69, 9.17) is 5.10 Å². The minimum atomic E-state index is -3.63. The summed E-state index contributed by atoms with van der Waals surface area (Å²) < 4.78 is 29.4. The maximum absolute atomic E-state index is 12.8. The summed E-state index contributed by atoms with van der Waals surface area (Å²) in [5.41, 5.74) is 3.94. The molecular weight excluding hydrogens is 490 g/mol. The molecule has 178 valence electrons. The second-order valence-corrected chi connectivity index (χ2v) is 11.4. The molecular formula is C27H21N5O2S2. The molecule has 0 bridgehead atoms. The van der Waals surface area contributed by atoms with Crippen molar-refractivity contribution in [2.24, 2.45) is 0 Å². The van der Waals surface area contributed by atoms with Gasteiger partial charge in [-0.2, -0.15) is 10.4 Å². The number of nitrogens with zero attached hydrogens (tertiary/aromatic N) is 5. The molecule has 0 spiro atoms. The molecule has 0 N–H and O–H groups in total. The minimum absolute atomic E-state index is 0.167. The molecule has 0 atom stereocenters. The molecule has 0 saturated heterocycles. The van der Waals surface area contributed by atoms with Gasteiger partial charge in [-0.1, -0.05) is 42.5 Å². The lowest BCUT2D eigenvalue weighted by atomic mass is 10.1. The number of fused-ring (bicyclic) bond motifs is 1. The predicted octanol–water partition coefficient (Wildman–Crippen LogP) is 5.46. The number of hydrogen-bond acceptors (Lipinski definition) is 6. The van der Waals surface area contributed by atoms with Gasteiger partial charge in [0, 0.05) is 31.4 Å². The third-order valence-corrected chi connectivity index (χ3v) is 8.47. The Hall–Kier alpha value is -4.10. The molecule has 2 heterocycles. The Morgan fingerprint density at radius 3 is 2.50 bits per heavy atom. The smallest absolute Gasteiger partial charge is 0.240 e. The Morgan fingerprint density at radius 1 is 1.03 bits per heavy atom. The number of nitriles is 1. The van der Waals surface area contributed by atoms with Gasteiger partial charge in [-0.15, -0.1) is 11.3 Å². The molecule has 2 aromatic heterocycles. The first-order chi connectivity index (χ1) is 17.4. The van der Waals surface area contributed by atoms with Gasteiger partial charge in [-0.05, 0) is 42.5 Å². The Bertz CT molecular complexity index is 1710. The molecule has 7 nitrogen and oxygen atoms in total. The molecule has 0 fully saturated rings. The zero-order valence-corrected chi connectivity index (χ0v) is 21.2. The Balaban J connectivity index is 1.68. The Labute approximate surface area is 213 Å². The van der Waals surface area contributed by atoms with Crippen LogP contribution >= 0.6 is 11.3 Å². The van der Waals surface area contributed by atoms with Crippen LogP contribution in [-0.2, 0) is 10.0 Å². The maximum atomic E-state index is 12.8. The monoisotopic (exact) mass is 511 g/mol. The largest absolute Gasteiger partial charge is 0.242 e. The summed E-state index contributed by atoms with van der Waals surface area (Å²) in [4.78, 5) is 4.80. The molecule has 36 heavy (non-hydrogen) atoms. The van der Waals surface area contributed by atoms with E-state index < -0.39 is 10.0 Å². The van der Waals surface area contributed by atoms with Gasteiger partial charge in [0.25, 0.3) is 0 Å². The highest BCUT2D eigenvalue weighted by Crippen LogP contribution is 2.32. The second-order valence-electron chi connectivity index (χ2n) is 8.18. The Morgan fingerprint density at radius 2 is 1.78 bits per heavy atom. The highest BCUT2D eigenvalue weighted by Gasteiger charge is 2.20. The number of thiazole rings is 1. The van der Waals surface area contributed by atoms with Gasteiger partial charge in [0.05, 0.1) is 26.4 Å². The Kier molecular flexibility index (Phi) is 6.24. The minimum Gasteiger partial charge on any atom is -0.240 e. The fourth-order valence-electron chi connectivity index (χ4n) is 3.73. The van der Waals surface area contributed by atoms with Crippen LogP contribution in [0.4, 0.5) is 0 Å². The van der Waals surface area contributed by atoms with E-state index >= 15 is 0 Å². The van der Waals surface area contributed by atoms with Crippen molar-refractivity contribution in [2.75, 3.05) is 14.1 Å². The first-order valence-electron chi connectivity index (χ1n) is 11.0. The fraction of sp³-hybridized carbons (Fsp3) is 0.0741. The summed E-state index contributed by atoms with van der Waals surface area (Å²) in [5.74, 6) is 0. The number of sulfonamides is 1. The van der Waals surface area contributed by atoms with Crippen molar-refractivity contribution in [1.82, 2.24) is 19.1 Å². The third-order valence-electron chi connectivity index (χ3n) is 5.59. The number of allylic oxidation sites excluding steroid dienone is 1. The maximum Gasteiger partial charge on any atom is 0.242 e. The normalized spacial score (nSPS) is 12.2. The van der Waals surface area contributed by atoms with Gasteiger partial charge in [0.2, 0.25) is 10.0 Å². The van der Waals surface area contributed by atoms with Crippen molar-refractivity contribution in [2.45, 2.75) is 4.90 Å².